The van der Waals surface area contributed by atoms with Gasteiger partial charge in [-0.1, -0.05) is 19.9 Å². The fraction of sp³-hybridized carbons (Fsp3) is 0.692. The minimum atomic E-state index is -1.64. The summed E-state index contributed by atoms with van der Waals surface area (Å²) in [7, 11) is 1.10. The molecule has 3 aliphatic heterocycles. The van der Waals surface area contributed by atoms with Crippen molar-refractivity contribution in [1.82, 2.24) is 25.4 Å². The first-order chi connectivity index (χ1) is 34.8. The lowest BCUT2D eigenvalue weighted by Crippen LogP contribution is -3.00. The van der Waals surface area contributed by atoms with Gasteiger partial charge in [0.15, 0.2) is 16.9 Å². The Morgan fingerprint density at radius 2 is 1.58 bits per heavy atom. The number of urea groups is 1. The van der Waals surface area contributed by atoms with Crippen LogP contribution in [0.5, 0.6) is 5.75 Å². The molecule has 6 atom stereocenters. The molecule has 420 valence electrons. The zero-order chi connectivity index (χ0) is 55.2. The number of likely N-dealkylation sites (tertiary alicyclic amines) is 1. The van der Waals surface area contributed by atoms with Crippen LogP contribution in [-0.4, -0.2) is 155 Å². The van der Waals surface area contributed by atoms with Gasteiger partial charge in [-0.05, 0) is 124 Å². The number of quaternary nitrogens is 1. The normalized spacial score (nSPS) is 23.6. The SMILES string of the molecule is CCN1CCN(C(=O)NC(C(=O)NC(Cc2ccc(SCC[N+]3(C)CCCC3)c(C(=O)OC(C)(C)C)c2OC(=O)OC(C)(C)C)B2O[C@@H]3C[C@@H]4C[C@@H](C4(C)C)[C@]3(C)O2)c2csc(NC(=O)OC(C)(C)C)n2)C(=O)C1=O.[I-]. The average molecular weight is 1210 g/mol. The number of thiazole rings is 1. The number of carbonyl (C=O) groups excluding carboxylic acids is 7. The fourth-order valence-electron chi connectivity index (χ4n) is 10.9. The molecule has 3 saturated heterocycles. The smallest absolute Gasteiger partial charge is 0.514 e. The summed E-state index contributed by atoms with van der Waals surface area (Å²) in [5, 5.41) is 9.79. The van der Waals surface area contributed by atoms with E-state index in [0.717, 1.165) is 59.6 Å². The van der Waals surface area contributed by atoms with E-state index in [0.29, 0.717) is 28.6 Å². The Morgan fingerprint density at radius 1 is 0.921 bits per heavy atom. The summed E-state index contributed by atoms with van der Waals surface area (Å²) in [4.78, 5) is 104. The molecule has 6 fully saturated rings. The number of aromatic nitrogens is 1. The van der Waals surface area contributed by atoms with Crippen LogP contribution in [0.25, 0.3) is 0 Å². The van der Waals surface area contributed by atoms with Crippen molar-refractivity contribution in [3.63, 3.8) is 0 Å². The number of amides is 6. The van der Waals surface area contributed by atoms with E-state index >= 15 is 4.79 Å². The average Bonchev–Trinajstić information content (AvgIpc) is 4.03. The Bertz CT molecular complexity index is 2540. The molecule has 0 spiro atoms. The van der Waals surface area contributed by atoms with Gasteiger partial charge in [0.1, 0.15) is 22.4 Å². The molecule has 1 aromatic carbocycles. The third-order valence-corrected chi connectivity index (χ3v) is 16.7. The summed E-state index contributed by atoms with van der Waals surface area (Å²) in [6.07, 6.45) is 1.52. The van der Waals surface area contributed by atoms with Gasteiger partial charge in [-0.2, -0.15) is 0 Å². The molecular formula is C52H77BIN7O13S2. The molecule has 20 nitrogen and oxygen atoms in total. The van der Waals surface area contributed by atoms with Crippen molar-refractivity contribution in [3.05, 3.63) is 34.3 Å². The molecule has 2 bridgehead atoms. The zero-order valence-electron chi connectivity index (χ0n) is 46.5. The molecule has 6 amide bonds. The molecule has 2 aromatic rings. The van der Waals surface area contributed by atoms with Crippen LogP contribution in [0.3, 0.4) is 0 Å². The number of anilines is 1. The number of rotatable bonds is 15. The first kappa shape index (κ1) is 61.0. The number of nitrogens with zero attached hydrogens (tertiary/aromatic N) is 4. The second-order valence-corrected chi connectivity index (χ2v) is 26.4. The van der Waals surface area contributed by atoms with Crippen molar-refractivity contribution in [3.8, 4) is 5.75 Å². The standard InChI is InChI=1S/C52H76BN7O13S2.HI/c1-15-58-20-21-59(42(63)41(58)62)45(65)56-38(32-29-75-44(54-32)57-46(66)70-49(5,6)7)40(61)55-36(53-72-35-28-31-27-34(51(31,11)12)52(35,13)73-53)26-30-18-19-33(74-25-24-60(14)22-16-17-23-60)37(43(64)69-48(2,3)4)39(30)68-47(67)71-50(8,9)10;/h18-19,29,31,34-36,38H,15-17,20-28H2,1-14H3,(H2-,54,55,56,57,61,65,66);1H/t31-,34-,35+,36?,38?,52-;/m0./s1. The minimum Gasteiger partial charge on any atom is -1.00 e. The van der Waals surface area contributed by atoms with E-state index < -0.39 is 83.5 Å². The Morgan fingerprint density at radius 3 is 2.20 bits per heavy atom. The van der Waals surface area contributed by atoms with Gasteiger partial charge in [-0.3, -0.25) is 24.6 Å². The maximum atomic E-state index is 15.3. The molecule has 3 saturated carbocycles. The number of ether oxygens (including phenoxy) is 4. The van der Waals surface area contributed by atoms with Crippen molar-refractivity contribution in [2.75, 3.05) is 57.4 Å². The molecule has 1 aromatic heterocycles. The van der Waals surface area contributed by atoms with Crippen LogP contribution in [0, 0.1) is 17.3 Å². The van der Waals surface area contributed by atoms with Gasteiger partial charge < -0.3 is 72.2 Å². The van der Waals surface area contributed by atoms with E-state index in [-0.39, 0.29) is 89.6 Å². The summed E-state index contributed by atoms with van der Waals surface area (Å²) in [5.41, 5.74) is -3.31. The third kappa shape index (κ3) is 14.1. The monoisotopic (exact) mass is 1210 g/mol. The molecule has 6 aliphatic rings. The number of likely N-dealkylation sites (N-methyl/N-ethyl adjacent to an activating group) is 1. The van der Waals surface area contributed by atoms with E-state index in [1.54, 1.807) is 81.4 Å². The number of hydrogen-bond acceptors (Lipinski definition) is 16. The molecule has 3 N–H and O–H groups in total. The predicted octanol–water partition coefficient (Wildman–Crippen LogP) is 4.53. The van der Waals surface area contributed by atoms with Crippen LogP contribution in [0.15, 0.2) is 22.4 Å². The Labute approximate surface area is 472 Å². The molecule has 0 radical (unpaired) electrons. The van der Waals surface area contributed by atoms with Crippen LogP contribution in [0.2, 0.25) is 0 Å². The summed E-state index contributed by atoms with van der Waals surface area (Å²) >= 11 is 2.41. The lowest BCUT2D eigenvalue weighted by Gasteiger charge is -2.64. The first-order valence-corrected chi connectivity index (χ1v) is 27.9. The van der Waals surface area contributed by atoms with Gasteiger partial charge in [-0.15, -0.1) is 23.1 Å². The highest BCUT2D eigenvalue weighted by Gasteiger charge is 2.68. The van der Waals surface area contributed by atoms with Crippen molar-refractivity contribution in [2.24, 2.45) is 17.3 Å². The van der Waals surface area contributed by atoms with Gasteiger partial charge in [-0.25, -0.2) is 24.2 Å². The summed E-state index contributed by atoms with van der Waals surface area (Å²) in [5.74, 6) is -3.63. The van der Waals surface area contributed by atoms with Crippen molar-refractivity contribution in [1.29, 1.82) is 0 Å². The molecule has 2 unspecified atom stereocenters. The molecular weight excluding hydrogens is 1130 g/mol. The molecule has 4 heterocycles. The highest BCUT2D eigenvalue weighted by Crippen LogP contribution is 2.66. The summed E-state index contributed by atoms with van der Waals surface area (Å²) in [6, 6.07) is 0.843. The molecule has 24 heteroatoms. The van der Waals surface area contributed by atoms with E-state index in [4.69, 9.17) is 28.3 Å². The summed E-state index contributed by atoms with van der Waals surface area (Å²) in [6.45, 7) is 26.7. The molecule has 3 aliphatic carbocycles. The Balaban J connectivity index is 0.00000937. The highest BCUT2D eigenvalue weighted by molar-refractivity contribution is 7.99. The number of benzene rings is 1. The van der Waals surface area contributed by atoms with Crippen LogP contribution >= 0.6 is 23.1 Å². The fourth-order valence-corrected chi connectivity index (χ4v) is 12.8. The lowest BCUT2D eigenvalue weighted by atomic mass is 9.43. The van der Waals surface area contributed by atoms with Crippen LogP contribution in [0.4, 0.5) is 19.5 Å². The van der Waals surface area contributed by atoms with Gasteiger partial charge in [0, 0.05) is 48.5 Å². The van der Waals surface area contributed by atoms with E-state index in [2.05, 4.69) is 41.8 Å². The van der Waals surface area contributed by atoms with Crippen LogP contribution in [-0.2, 0) is 44.3 Å². The number of carbonyl (C=O) groups is 7. The first-order valence-electron chi connectivity index (χ1n) is 26.1. The molecule has 8 rings (SSSR count). The second-order valence-electron chi connectivity index (χ2n) is 24.4. The number of piperazine rings is 1. The van der Waals surface area contributed by atoms with Crippen LogP contribution < -0.4 is 44.7 Å². The van der Waals surface area contributed by atoms with E-state index in [1.807, 2.05) is 6.92 Å². The lowest BCUT2D eigenvalue weighted by molar-refractivity contribution is -0.895. The van der Waals surface area contributed by atoms with Gasteiger partial charge in [0.05, 0.1) is 50.0 Å². The van der Waals surface area contributed by atoms with E-state index in [9.17, 15) is 28.8 Å². The maximum absolute atomic E-state index is 15.3. The van der Waals surface area contributed by atoms with E-state index in [1.165, 1.54) is 22.0 Å². The number of nitrogens with one attached hydrogen (secondary N) is 3. The number of esters is 1. The Kier molecular flexibility index (Phi) is 18.6. The quantitative estimate of drug-likeness (QED) is 0.0325. The topological polar surface area (TPSA) is 230 Å². The van der Waals surface area contributed by atoms with Gasteiger partial charge in [0.2, 0.25) is 5.91 Å². The van der Waals surface area contributed by atoms with Crippen molar-refractivity contribution in [2.45, 2.75) is 167 Å². The predicted molar refractivity (Wildman–Crippen MR) is 282 cm³/mol. The number of halogens is 1. The highest BCUT2D eigenvalue weighted by atomic mass is 127. The largest absolute Gasteiger partial charge is 1.00 e. The summed E-state index contributed by atoms with van der Waals surface area (Å²) < 4.78 is 38.0. The zero-order valence-corrected chi connectivity index (χ0v) is 50.3. The van der Waals surface area contributed by atoms with Gasteiger partial charge in [0.25, 0.3) is 0 Å². The second kappa shape index (κ2) is 23.2. The molecule has 76 heavy (non-hydrogen) atoms. The number of hydrogen-bond donors (Lipinski definition) is 3. The van der Waals surface area contributed by atoms with Crippen LogP contribution in [0.1, 0.15) is 143 Å². The minimum absolute atomic E-state index is 0. The van der Waals surface area contributed by atoms with Gasteiger partial charge >= 0.3 is 43.2 Å². The number of imide groups is 1. The maximum Gasteiger partial charge on any atom is 0.514 e. The Hall–Kier alpha value is -4.24. The van der Waals surface area contributed by atoms with Crippen molar-refractivity contribution < 1.29 is 90.3 Å². The third-order valence-electron chi connectivity index (χ3n) is 14.9. The van der Waals surface area contributed by atoms with Crippen molar-refractivity contribution >= 4 is 77.3 Å². The number of thioether (sulfide) groups is 1.